The third-order valence-electron chi connectivity index (χ3n) is 6.03. The maximum atomic E-state index is 13.8. The first-order valence-corrected chi connectivity index (χ1v) is 13.9. The minimum absolute atomic E-state index is 0.0112. The Labute approximate surface area is 229 Å². The molecule has 0 aromatic heterocycles. The maximum absolute atomic E-state index is 13.8. The highest BCUT2D eigenvalue weighted by Crippen LogP contribution is 2.27. The number of carbonyl (C=O) groups is 2. The fraction of sp³-hybridized carbons (Fsp3) is 0.286. The highest BCUT2D eigenvalue weighted by molar-refractivity contribution is 7.92. The summed E-state index contributed by atoms with van der Waals surface area (Å²) in [6.07, 6.45) is 0. The quantitative estimate of drug-likeness (QED) is 0.377. The summed E-state index contributed by atoms with van der Waals surface area (Å²) < 4.78 is 33.7. The van der Waals surface area contributed by atoms with Crippen LogP contribution in [0, 0.1) is 6.92 Å². The van der Waals surface area contributed by atoms with E-state index in [1.165, 1.54) is 48.4 Å². The third-order valence-corrected chi connectivity index (χ3v) is 8.07. The van der Waals surface area contributed by atoms with E-state index in [1.54, 1.807) is 26.0 Å². The standard InChI is InChI=1S/C28H32ClN3O5S/c1-5-30-28(34)21(3)31(18-22-8-6-20(2)7-9-22)27(33)19-32(24-12-10-23(29)11-13-24)38(35,36)26-16-14-25(37-4)15-17-26/h6-17,21H,5,18-19H2,1-4H3,(H,30,34). The van der Waals surface area contributed by atoms with Crippen molar-refractivity contribution in [2.24, 2.45) is 0 Å². The van der Waals surface area contributed by atoms with E-state index in [9.17, 15) is 18.0 Å². The molecule has 38 heavy (non-hydrogen) atoms. The number of halogens is 1. The van der Waals surface area contributed by atoms with Crippen molar-refractivity contribution in [2.45, 2.75) is 38.3 Å². The molecule has 0 saturated carbocycles. The SMILES string of the molecule is CCNC(=O)C(C)N(Cc1ccc(C)cc1)C(=O)CN(c1ccc(Cl)cc1)S(=O)(=O)c1ccc(OC)cc1. The van der Waals surface area contributed by atoms with Gasteiger partial charge in [0.15, 0.2) is 0 Å². The molecule has 0 spiro atoms. The number of ether oxygens (including phenoxy) is 1. The molecule has 1 unspecified atom stereocenters. The van der Waals surface area contributed by atoms with Crippen LogP contribution >= 0.6 is 11.6 Å². The Hall–Kier alpha value is -3.56. The van der Waals surface area contributed by atoms with Crippen molar-refractivity contribution in [2.75, 3.05) is 24.5 Å². The van der Waals surface area contributed by atoms with Gasteiger partial charge in [0.2, 0.25) is 11.8 Å². The maximum Gasteiger partial charge on any atom is 0.264 e. The van der Waals surface area contributed by atoms with Gasteiger partial charge in [-0.1, -0.05) is 41.4 Å². The summed E-state index contributed by atoms with van der Waals surface area (Å²) in [5.74, 6) is -0.363. The molecule has 0 aliphatic rings. The second-order valence-corrected chi connectivity index (χ2v) is 11.0. The molecule has 0 aliphatic heterocycles. The molecular formula is C28H32ClN3O5S. The van der Waals surface area contributed by atoms with Gasteiger partial charge in [-0.05, 0) is 74.9 Å². The number of likely N-dealkylation sites (N-methyl/N-ethyl adjacent to an activating group) is 1. The molecule has 0 fully saturated rings. The molecule has 3 rings (SSSR count). The molecule has 0 heterocycles. The van der Waals surface area contributed by atoms with Crippen LogP contribution < -0.4 is 14.4 Å². The Morgan fingerprint density at radius 1 is 0.974 bits per heavy atom. The zero-order valence-corrected chi connectivity index (χ0v) is 23.4. The van der Waals surface area contributed by atoms with Crippen molar-refractivity contribution in [1.29, 1.82) is 0 Å². The van der Waals surface area contributed by atoms with Crippen LogP contribution in [0.5, 0.6) is 5.75 Å². The first-order valence-electron chi connectivity index (χ1n) is 12.1. The highest BCUT2D eigenvalue weighted by Gasteiger charge is 2.32. The zero-order valence-electron chi connectivity index (χ0n) is 21.8. The van der Waals surface area contributed by atoms with Crippen LogP contribution in [-0.4, -0.2) is 51.4 Å². The summed E-state index contributed by atoms with van der Waals surface area (Å²) in [6, 6.07) is 18.9. The van der Waals surface area contributed by atoms with E-state index in [0.717, 1.165) is 15.4 Å². The van der Waals surface area contributed by atoms with Crippen LogP contribution in [0.2, 0.25) is 5.02 Å². The van der Waals surface area contributed by atoms with Crippen molar-refractivity contribution >= 4 is 39.1 Å². The van der Waals surface area contributed by atoms with Crippen molar-refractivity contribution < 1.29 is 22.7 Å². The van der Waals surface area contributed by atoms with E-state index < -0.39 is 28.5 Å². The summed E-state index contributed by atoms with van der Waals surface area (Å²) >= 11 is 6.04. The number of amides is 2. The van der Waals surface area contributed by atoms with Crippen LogP contribution in [-0.2, 0) is 26.2 Å². The molecule has 2 amide bonds. The fourth-order valence-electron chi connectivity index (χ4n) is 3.81. The summed E-state index contributed by atoms with van der Waals surface area (Å²) in [5.41, 5.74) is 2.14. The van der Waals surface area contributed by atoms with Crippen LogP contribution in [0.3, 0.4) is 0 Å². The lowest BCUT2D eigenvalue weighted by Crippen LogP contribution is -2.51. The summed E-state index contributed by atoms with van der Waals surface area (Å²) in [5, 5.41) is 3.17. The number of methoxy groups -OCH3 is 1. The first kappa shape index (κ1) is 29.0. The fourth-order valence-corrected chi connectivity index (χ4v) is 5.35. The molecule has 8 nitrogen and oxygen atoms in total. The van der Waals surface area contributed by atoms with Gasteiger partial charge in [0, 0.05) is 18.1 Å². The molecule has 0 saturated heterocycles. The number of nitrogens with zero attached hydrogens (tertiary/aromatic N) is 2. The van der Waals surface area contributed by atoms with Gasteiger partial charge in [0.05, 0.1) is 17.7 Å². The Bertz CT molecular complexity index is 1340. The predicted molar refractivity (Wildman–Crippen MR) is 149 cm³/mol. The average Bonchev–Trinajstić information content (AvgIpc) is 2.91. The average molecular weight is 558 g/mol. The molecule has 1 N–H and O–H groups in total. The number of aryl methyl sites for hydroxylation is 1. The Kier molecular flexibility index (Phi) is 9.77. The smallest absolute Gasteiger partial charge is 0.264 e. The second-order valence-electron chi connectivity index (χ2n) is 8.74. The number of hydrogen-bond donors (Lipinski definition) is 1. The number of anilines is 1. The van der Waals surface area contributed by atoms with Gasteiger partial charge in [-0.25, -0.2) is 8.42 Å². The Balaban J connectivity index is 2.01. The van der Waals surface area contributed by atoms with Crippen molar-refractivity contribution in [3.8, 4) is 5.75 Å². The van der Waals surface area contributed by atoms with Gasteiger partial charge >= 0.3 is 0 Å². The lowest BCUT2D eigenvalue weighted by atomic mass is 10.1. The molecule has 0 bridgehead atoms. The van der Waals surface area contributed by atoms with Gasteiger partial charge in [0.25, 0.3) is 10.0 Å². The summed E-state index contributed by atoms with van der Waals surface area (Å²) in [7, 11) is -2.68. The molecule has 10 heteroatoms. The zero-order chi connectivity index (χ0) is 27.9. The van der Waals surface area contributed by atoms with Crippen molar-refractivity contribution in [3.63, 3.8) is 0 Å². The van der Waals surface area contributed by atoms with Gasteiger partial charge in [-0.3, -0.25) is 13.9 Å². The van der Waals surface area contributed by atoms with E-state index in [2.05, 4.69) is 5.32 Å². The van der Waals surface area contributed by atoms with Crippen LogP contribution in [0.4, 0.5) is 5.69 Å². The van der Waals surface area contributed by atoms with E-state index in [-0.39, 0.29) is 23.0 Å². The molecule has 3 aromatic carbocycles. The number of rotatable bonds is 11. The largest absolute Gasteiger partial charge is 0.497 e. The first-order chi connectivity index (χ1) is 18.1. The number of nitrogens with one attached hydrogen (secondary N) is 1. The highest BCUT2D eigenvalue weighted by atomic mass is 35.5. The molecule has 3 aromatic rings. The normalized spacial score (nSPS) is 11.9. The predicted octanol–water partition coefficient (Wildman–Crippen LogP) is 4.41. The number of carbonyl (C=O) groups excluding carboxylic acids is 2. The lowest BCUT2D eigenvalue weighted by molar-refractivity contribution is -0.139. The number of benzene rings is 3. The van der Waals surface area contributed by atoms with Gasteiger partial charge in [0.1, 0.15) is 18.3 Å². The second kappa shape index (κ2) is 12.8. The van der Waals surface area contributed by atoms with Crippen molar-refractivity contribution in [1.82, 2.24) is 10.2 Å². The summed E-state index contributed by atoms with van der Waals surface area (Å²) in [6.45, 7) is 5.39. The number of sulfonamides is 1. The van der Waals surface area contributed by atoms with Crippen LogP contribution in [0.25, 0.3) is 0 Å². The molecular weight excluding hydrogens is 526 g/mol. The Morgan fingerprint density at radius 3 is 2.13 bits per heavy atom. The van der Waals surface area contributed by atoms with E-state index >= 15 is 0 Å². The lowest BCUT2D eigenvalue weighted by Gasteiger charge is -2.32. The minimum atomic E-state index is -4.17. The Morgan fingerprint density at radius 2 is 1.58 bits per heavy atom. The monoisotopic (exact) mass is 557 g/mol. The minimum Gasteiger partial charge on any atom is -0.497 e. The van der Waals surface area contributed by atoms with E-state index in [1.807, 2.05) is 31.2 Å². The van der Waals surface area contributed by atoms with Gasteiger partial charge in [-0.2, -0.15) is 0 Å². The molecule has 202 valence electrons. The topological polar surface area (TPSA) is 96.0 Å². The van der Waals surface area contributed by atoms with E-state index in [0.29, 0.717) is 17.3 Å². The van der Waals surface area contributed by atoms with Gasteiger partial charge in [-0.15, -0.1) is 0 Å². The molecule has 1 atom stereocenters. The van der Waals surface area contributed by atoms with Crippen LogP contribution in [0.15, 0.2) is 77.7 Å². The number of hydrogen-bond acceptors (Lipinski definition) is 5. The van der Waals surface area contributed by atoms with Gasteiger partial charge < -0.3 is 15.0 Å². The molecule has 0 radical (unpaired) electrons. The van der Waals surface area contributed by atoms with E-state index in [4.69, 9.17) is 16.3 Å². The van der Waals surface area contributed by atoms with Crippen LogP contribution in [0.1, 0.15) is 25.0 Å². The molecule has 0 aliphatic carbocycles. The summed E-state index contributed by atoms with van der Waals surface area (Å²) in [4.78, 5) is 27.9. The third kappa shape index (κ3) is 7.05. The van der Waals surface area contributed by atoms with Crippen molar-refractivity contribution in [3.05, 3.63) is 88.9 Å².